The fourth-order valence-electron chi connectivity index (χ4n) is 4.15. The molecule has 1 N–H and O–H groups in total. The number of hydrogen-bond donors (Lipinski definition) is 1. The number of hydrogen-bond acceptors (Lipinski definition) is 5. The van der Waals surface area contributed by atoms with E-state index >= 15 is 0 Å². The van der Waals surface area contributed by atoms with Crippen LogP contribution in [0.1, 0.15) is 34.5 Å². The van der Waals surface area contributed by atoms with Crippen LogP contribution in [0.3, 0.4) is 0 Å². The Morgan fingerprint density at radius 2 is 1.94 bits per heavy atom. The van der Waals surface area contributed by atoms with Crippen LogP contribution in [0.5, 0.6) is 5.75 Å². The van der Waals surface area contributed by atoms with Gasteiger partial charge in [-0.3, -0.25) is 4.79 Å². The number of rotatable bonds is 6. The molecular formula is C24H24ClFN2O4. The van der Waals surface area contributed by atoms with Crippen molar-refractivity contribution in [3.05, 3.63) is 70.2 Å². The molecule has 0 aliphatic carbocycles. The van der Waals surface area contributed by atoms with E-state index in [1.54, 1.807) is 20.1 Å². The Morgan fingerprint density at radius 3 is 2.59 bits per heavy atom. The van der Waals surface area contributed by atoms with Gasteiger partial charge >= 0.3 is 0 Å². The maximum Gasteiger partial charge on any atom is 0.257 e. The highest BCUT2D eigenvalue weighted by molar-refractivity contribution is 6.33. The molecule has 2 aromatic carbocycles. The van der Waals surface area contributed by atoms with Crippen LogP contribution in [0.25, 0.3) is 11.3 Å². The molecule has 0 radical (unpaired) electrons. The van der Waals surface area contributed by atoms with Crippen molar-refractivity contribution in [1.29, 1.82) is 0 Å². The average Bonchev–Trinajstić information content (AvgIpc) is 3.19. The maximum atomic E-state index is 14.5. The van der Waals surface area contributed by atoms with Gasteiger partial charge in [-0.2, -0.15) is 0 Å². The molecule has 2 heterocycles. The molecule has 4 rings (SSSR count). The fourth-order valence-corrected chi connectivity index (χ4v) is 4.40. The quantitative estimate of drug-likeness (QED) is 0.567. The topological polar surface area (TPSA) is 73.6 Å². The number of halogens is 2. The summed E-state index contributed by atoms with van der Waals surface area (Å²) >= 11 is 6.20. The highest BCUT2D eigenvalue weighted by Crippen LogP contribution is 2.36. The number of ether oxygens (including phenoxy) is 2. The zero-order valence-electron chi connectivity index (χ0n) is 17.9. The molecule has 1 fully saturated rings. The van der Waals surface area contributed by atoms with Crippen molar-refractivity contribution in [1.82, 2.24) is 10.5 Å². The smallest absolute Gasteiger partial charge is 0.257 e. The Labute approximate surface area is 190 Å². The maximum absolute atomic E-state index is 14.5. The number of aryl methyl sites for hydroxylation is 1. The van der Waals surface area contributed by atoms with E-state index in [1.807, 2.05) is 24.3 Å². The summed E-state index contributed by atoms with van der Waals surface area (Å²) in [6.45, 7) is 3.21. The molecule has 1 amide bonds. The van der Waals surface area contributed by atoms with Crippen molar-refractivity contribution in [2.24, 2.45) is 0 Å². The van der Waals surface area contributed by atoms with Crippen LogP contribution in [-0.2, 0) is 10.2 Å². The van der Waals surface area contributed by atoms with Gasteiger partial charge < -0.3 is 19.3 Å². The fraction of sp³-hybridized carbons (Fsp3) is 0.333. The minimum absolute atomic E-state index is 0.0482. The number of amides is 1. The molecule has 3 aromatic rings. The third-order valence-electron chi connectivity index (χ3n) is 6.03. The van der Waals surface area contributed by atoms with E-state index in [-0.39, 0.29) is 27.3 Å². The Kier molecular flexibility index (Phi) is 6.48. The SMILES string of the molecule is COc1ccc(C2(CNC(=O)c3c(-c4c(F)cccc4Cl)noc3C)CCOCC2)cc1. The number of methoxy groups -OCH3 is 1. The first-order valence-electron chi connectivity index (χ1n) is 10.4. The summed E-state index contributed by atoms with van der Waals surface area (Å²) in [6, 6.07) is 12.2. The first-order valence-corrected chi connectivity index (χ1v) is 10.7. The monoisotopic (exact) mass is 458 g/mol. The average molecular weight is 459 g/mol. The summed E-state index contributed by atoms with van der Waals surface area (Å²) in [5.41, 5.74) is 1.12. The highest BCUT2D eigenvalue weighted by atomic mass is 35.5. The van der Waals surface area contributed by atoms with Crippen molar-refractivity contribution >= 4 is 17.5 Å². The van der Waals surface area contributed by atoms with Gasteiger partial charge in [-0.05, 0) is 49.6 Å². The molecule has 0 saturated carbocycles. The third kappa shape index (κ3) is 4.23. The zero-order chi connectivity index (χ0) is 22.7. The zero-order valence-corrected chi connectivity index (χ0v) is 18.7. The van der Waals surface area contributed by atoms with Crippen LogP contribution >= 0.6 is 11.6 Å². The van der Waals surface area contributed by atoms with Crippen molar-refractivity contribution in [3.63, 3.8) is 0 Å². The van der Waals surface area contributed by atoms with E-state index < -0.39 is 11.7 Å². The summed E-state index contributed by atoms with van der Waals surface area (Å²) in [6.07, 6.45) is 1.52. The Hall–Kier alpha value is -2.90. The van der Waals surface area contributed by atoms with Gasteiger partial charge in [0.15, 0.2) is 0 Å². The van der Waals surface area contributed by atoms with Crippen molar-refractivity contribution in [2.45, 2.75) is 25.2 Å². The van der Waals surface area contributed by atoms with E-state index in [2.05, 4.69) is 10.5 Å². The first-order chi connectivity index (χ1) is 15.4. The summed E-state index contributed by atoms with van der Waals surface area (Å²) in [7, 11) is 1.63. The standard InChI is InChI=1S/C24H24ClFN2O4/c1-15-20(22(28-32-15)21-18(25)4-3-5-19(21)26)23(29)27-14-24(10-12-31-13-11-24)16-6-8-17(30-2)9-7-16/h3-9H,10-14H2,1-2H3,(H,27,29). The van der Waals surface area contributed by atoms with Crippen LogP contribution in [-0.4, -0.2) is 37.9 Å². The molecule has 32 heavy (non-hydrogen) atoms. The molecule has 1 aliphatic rings. The molecule has 0 spiro atoms. The minimum atomic E-state index is -0.570. The highest BCUT2D eigenvalue weighted by Gasteiger charge is 2.36. The third-order valence-corrected chi connectivity index (χ3v) is 6.34. The number of nitrogens with zero attached hydrogens (tertiary/aromatic N) is 1. The lowest BCUT2D eigenvalue weighted by molar-refractivity contribution is 0.0487. The van der Waals surface area contributed by atoms with E-state index in [0.29, 0.717) is 25.5 Å². The second-order valence-electron chi connectivity index (χ2n) is 7.86. The molecule has 1 aliphatic heterocycles. The molecular weight excluding hydrogens is 435 g/mol. The van der Waals surface area contributed by atoms with E-state index in [9.17, 15) is 9.18 Å². The second kappa shape index (κ2) is 9.30. The van der Waals surface area contributed by atoms with Gasteiger partial charge in [0, 0.05) is 25.2 Å². The molecule has 168 valence electrons. The van der Waals surface area contributed by atoms with E-state index in [1.165, 1.54) is 12.1 Å². The molecule has 0 bridgehead atoms. The number of benzene rings is 2. The second-order valence-corrected chi connectivity index (χ2v) is 8.27. The van der Waals surface area contributed by atoms with Gasteiger partial charge in [-0.15, -0.1) is 0 Å². The van der Waals surface area contributed by atoms with Crippen LogP contribution in [0.4, 0.5) is 4.39 Å². The lowest BCUT2D eigenvalue weighted by atomic mass is 9.74. The van der Waals surface area contributed by atoms with Crippen LogP contribution < -0.4 is 10.1 Å². The predicted octanol–water partition coefficient (Wildman–Crippen LogP) is 4.93. The van der Waals surface area contributed by atoms with Gasteiger partial charge in [0.25, 0.3) is 5.91 Å². The van der Waals surface area contributed by atoms with Gasteiger partial charge in [-0.1, -0.05) is 35.0 Å². The van der Waals surface area contributed by atoms with Crippen LogP contribution in [0, 0.1) is 12.7 Å². The van der Waals surface area contributed by atoms with Gasteiger partial charge in [0.05, 0.1) is 17.7 Å². The molecule has 0 unspecified atom stereocenters. The summed E-state index contributed by atoms with van der Waals surface area (Å²) < 4.78 is 30.6. The number of carbonyl (C=O) groups excluding carboxylic acids is 1. The minimum Gasteiger partial charge on any atom is -0.497 e. The van der Waals surface area contributed by atoms with Gasteiger partial charge in [-0.25, -0.2) is 4.39 Å². The number of nitrogens with one attached hydrogen (secondary N) is 1. The van der Waals surface area contributed by atoms with Crippen molar-refractivity contribution in [3.8, 4) is 17.0 Å². The lowest BCUT2D eigenvalue weighted by Gasteiger charge is -2.38. The summed E-state index contributed by atoms with van der Waals surface area (Å²) in [5.74, 6) is 0.102. The molecule has 1 aromatic heterocycles. The molecule has 1 saturated heterocycles. The Morgan fingerprint density at radius 1 is 1.22 bits per heavy atom. The predicted molar refractivity (Wildman–Crippen MR) is 119 cm³/mol. The lowest BCUT2D eigenvalue weighted by Crippen LogP contribution is -2.44. The summed E-state index contributed by atoms with van der Waals surface area (Å²) in [5, 5.41) is 7.10. The van der Waals surface area contributed by atoms with Crippen molar-refractivity contribution < 1.29 is 23.2 Å². The Bertz CT molecular complexity index is 1090. The number of aromatic nitrogens is 1. The largest absolute Gasteiger partial charge is 0.497 e. The molecule has 6 nitrogen and oxygen atoms in total. The molecule has 0 atom stereocenters. The normalized spacial score (nSPS) is 15.4. The molecule has 8 heteroatoms. The first kappa shape index (κ1) is 22.3. The van der Waals surface area contributed by atoms with E-state index in [0.717, 1.165) is 24.2 Å². The van der Waals surface area contributed by atoms with Crippen LogP contribution in [0.15, 0.2) is 47.0 Å². The summed E-state index contributed by atoms with van der Waals surface area (Å²) in [4.78, 5) is 13.2. The number of carbonyl (C=O) groups is 1. The van der Waals surface area contributed by atoms with Crippen LogP contribution in [0.2, 0.25) is 5.02 Å². The Balaban J connectivity index is 1.62. The van der Waals surface area contributed by atoms with Gasteiger partial charge in [0.1, 0.15) is 28.6 Å². The van der Waals surface area contributed by atoms with E-state index in [4.69, 9.17) is 25.6 Å². The van der Waals surface area contributed by atoms with Gasteiger partial charge in [0.2, 0.25) is 0 Å². The van der Waals surface area contributed by atoms with Crippen molar-refractivity contribution in [2.75, 3.05) is 26.9 Å².